The topological polar surface area (TPSA) is 42.4 Å². The van der Waals surface area contributed by atoms with Gasteiger partial charge in [0.15, 0.2) is 0 Å². The first-order valence-electron chi connectivity index (χ1n) is 3.72. The average molecular weight is 224 g/mol. The van der Waals surface area contributed by atoms with E-state index in [0.717, 1.165) is 6.20 Å². The fourth-order valence-electron chi connectivity index (χ4n) is 0.908. The van der Waals surface area contributed by atoms with Crippen LogP contribution in [0.15, 0.2) is 12.3 Å². The Morgan fingerprint density at radius 3 is 2.71 bits per heavy atom. The number of pyridine rings is 1. The molecule has 0 radical (unpaired) electrons. The lowest BCUT2D eigenvalue weighted by atomic mass is 10.1. The van der Waals surface area contributed by atoms with Crippen LogP contribution in [0.4, 0.5) is 8.78 Å². The lowest BCUT2D eigenvalue weighted by Crippen LogP contribution is -2.09. The van der Waals surface area contributed by atoms with E-state index in [-0.39, 0.29) is 16.5 Å². The van der Waals surface area contributed by atoms with Crippen LogP contribution in [0.5, 0.6) is 5.88 Å². The van der Waals surface area contributed by atoms with Crippen molar-refractivity contribution in [2.45, 2.75) is 12.5 Å². The minimum absolute atomic E-state index is 0.0152. The number of hydrogen-bond donors (Lipinski definition) is 1. The standard InChI is InChI=1S/C8H8ClF2NO2/c1-14-6-2-4(5(9)3-12-6)7(13)8(10)11/h2-3,7-8,13H,1H3. The van der Waals surface area contributed by atoms with Gasteiger partial charge in [-0.05, 0) is 0 Å². The maximum Gasteiger partial charge on any atom is 0.268 e. The first kappa shape index (κ1) is 11.1. The van der Waals surface area contributed by atoms with Gasteiger partial charge in [0, 0.05) is 17.8 Å². The van der Waals surface area contributed by atoms with Crippen LogP contribution in [0.2, 0.25) is 5.02 Å². The highest BCUT2D eigenvalue weighted by atomic mass is 35.5. The second-order valence-corrected chi connectivity index (χ2v) is 2.93. The molecule has 0 saturated heterocycles. The highest BCUT2D eigenvalue weighted by Crippen LogP contribution is 2.28. The van der Waals surface area contributed by atoms with E-state index in [1.165, 1.54) is 13.2 Å². The van der Waals surface area contributed by atoms with Gasteiger partial charge < -0.3 is 9.84 Å². The Balaban J connectivity index is 3.05. The smallest absolute Gasteiger partial charge is 0.268 e. The van der Waals surface area contributed by atoms with Gasteiger partial charge in [-0.2, -0.15) is 0 Å². The minimum Gasteiger partial charge on any atom is -0.481 e. The summed E-state index contributed by atoms with van der Waals surface area (Å²) >= 11 is 5.58. The summed E-state index contributed by atoms with van der Waals surface area (Å²) in [5.41, 5.74) is -0.0893. The van der Waals surface area contributed by atoms with Crippen LogP contribution < -0.4 is 4.74 Å². The third-order valence-corrected chi connectivity index (χ3v) is 1.94. The van der Waals surface area contributed by atoms with Crippen LogP contribution in [0, 0.1) is 0 Å². The molecular weight excluding hydrogens is 216 g/mol. The second-order valence-electron chi connectivity index (χ2n) is 2.53. The van der Waals surface area contributed by atoms with E-state index in [1.807, 2.05) is 0 Å². The van der Waals surface area contributed by atoms with Gasteiger partial charge >= 0.3 is 0 Å². The van der Waals surface area contributed by atoms with E-state index in [0.29, 0.717) is 0 Å². The summed E-state index contributed by atoms with van der Waals surface area (Å²) in [4.78, 5) is 3.69. The number of ether oxygens (including phenoxy) is 1. The monoisotopic (exact) mass is 223 g/mol. The zero-order valence-corrected chi connectivity index (χ0v) is 8.00. The number of alkyl halides is 2. The Morgan fingerprint density at radius 1 is 1.57 bits per heavy atom. The molecule has 1 heterocycles. The predicted molar refractivity (Wildman–Crippen MR) is 46.8 cm³/mol. The van der Waals surface area contributed by atoms with Crippen molar-refractivity contribution in [3.63, 3.8) is 0 Å². The zero-order chi connectivity index (χ0) is 10.7. The number of hydrogen-bond acceptors (Lipinski definition) is 3. The number of aromatic nitrogens is 1. The molecule has 0 aliphatic heterocycles. The maximum atomic E-state index is 12.2. The summed E-state index contributed by atoms with van der Waals surface area (Å²) in [6, 6.07) is 1.18. The van der Waals surface area contributed by atoms with Crippen molar-refractivity contribution in [3.05, 3.63) is 22.8 Å². The Bertz CT molecular complexity index is 322. The van der Waals surface area contributed by atoms with Crippen molar-refractivity contribution in [2.24, 2.45) is 0 Å². The van der Waals surface area contributed by atoms with Crippen molar-refractivity contribution in [3.8, 4) is 5.88 Å². The van der Waals surface area contributed by atoms with E-state index in [9.17, 15) is 8.78 Å². The van der Waals surface area contributed by atoms with Gasteiger partial charge in [0.2, 0.25) is 5.88 Å². The number of nitrogens with zero attached hydrogens (tertiary/aromatic N) is 1. The number of aliphatic hydroxyl groups is 1. The van der Waals surface area contributed by atoms with Gasteiger partial charge in [0.1, 0.15) is 6.10 Å². The van der Waals surface area contributed by atoms with Gasteiger partial charge in [0.05, 0.1) is 12.1 Å². The number of aliphatic hydroxyl groups excluding tert-OH is 1. The summed E-state index contributed by atoms with van der Waals surface area (Å²) in [6.07, 6.45) is -3.65. The predicted octanol–water partition coefficient (Wildman–Crippen LogP) is 2.04. The third-order valence-electron chi connectivity index (χ3n) is 1.63. The molecule has 0 aliphatic carbocycles. The first-order valence-corrected chi connectivity index (χ1v) is 4.09. The Kier molecular flexibility index (Phi) is 3.60. The molecule has 14 heavy (non-hydrogen) atoms. The second kappa shape index (κ2) is 4.52. The Hall–Kier alpha value is -0.940. The molecule has 1 aromatic rings. The third kappa shape index (κ3) is 2.30. The SMILES string of the molecule is COc1cc(C(O)C(F)F)c(Cl)cn1. The Labute approximate surface area is 84.3 Å². The molecule has 0 aromatic carbocycles. The molecule has 6 heteroatoms. The average Bonchev–Trinajstić information content (AvgIpc) is 2.17. The van der Waals surface area contributed by atoms with Crippen molar-refractivity contribution >= 4 is 11.6 Å². The molecule has 1 N–H and O–H groups in total. The molecular formula is C8H8ClF2NO2. The lowest BCUT2D eigenvalue weighted by molar-refractivity contribution is -0.00587. The molecule has 0 aliphatic rings. The fourth-order valence-corrected chi connectivity index (χ4v) is 1.12. The van der Waals surface area contributed by atoms with Crippen LogP contribution >= 0.6 is 11.6 Å². The van der Waals surface area contributed by atoms with Gasteiger partial charge in [-0.1, -0.05) is 11.6 Å². The van der Waals surface area contributed by atoms with Crippen molar-refractivity contribution < 1.29 is 18.6 Å². The van der Waals surface area contributed by atoms with Crippen molar-refractivity contribution in [1.82, 2.24) is 4.98 Å². The molecule has 0 bridgehead atoms. The normalized spacial score (nSPS) is 13.0. The molecule has 0 saturated carbocycles. The summed E-state index contributed by atoms with van der Waals surface area (Å²) in [5.74, 6) is 0.129. The van der Waals surface area contributed by atoms with E-state index >= 15 is 0 Å². The summed E-state index contributed by atoms with van der Waals surface area (Å²) in [5, 5.41) is 9.07. The van der Waals surface area contributed by atoms with Gasteiger partial charge in [0.25, 0.3) is 6.43 Å². The molecule has 1 unspecified atom stereocenters. The van der Waals surface area contributed by atoms with E-state index < -0.39 is 12.5 Å². The van der Waals surface area contributed by atoms with E-state index in [4.69, 9.17) is 21.4 Å². The van der Waals surface area contributed by atoms with Gasteiger partial charge in [-0.3, -0.25) is 0 Å². The molecule has 1 aromatic heterocycles. The van der Waals surface area contributed by atoms with Crippen LogP contribution in [-0.2, 0) is 0 Å². The highest BCUT2D eigenvalue weighted by Gasteiger charge is 2.22. The van der Waals surface area contributed by atoms with Crippen molar-refractivity contribution in [1.29, 1.82) is 0 Å². The summed E-state index contributed by atoms with van der Waals surface area (Å²) in [6.45, 7) is 0. The first-order chi connectivity index (χ1) is 6.56. The van der Waals surface area contributed by atoms with Crippen LogP contribution in [0.1, 0.15) is 11.7 Å². The van der Waals surface area contributed by atoms with Gasteiger partial charge in [-0.25, -0.2) is 13.8 Å². The molecule has 78 valence electrons. The Morgan fingerprint density at radius 2 is 2.21 bits per heavy atom. The molecule has 1 rings (SSSR count). The van der Waals surface area contributed by atoms with E-state index in [1.54, 1.807) is 0 Å². The minimum atomic E-state index is -2.89. The van der Waals surface area contributed by atoms with Gasteiger partial charge in [-0.15, -0.1) is 0 Å². The number of rotatable bonds is 3. The quantitative estimate of drug-likeness (QED) is 0.853. The number of methoxy groups -OCH3 is 1. The van der Waals surface area contributed by atoms with Crippen LogP contribution in [-0.4, -0.2) is 23.6 Å². The molecule has 0 spiro atoms. The number of halogens is 3. The molecule has 0 amide bonds. The summed E-state index contributed by atoms with van der Waals surface area (Å²) in [7, 11) is 1.34. The fraction of sp³-hybridized carbons (Fsp3) is 0.375. The lowest BCUT2D eigenvalue weighted by Gasteiger charge is -2.11. The summed E-state index contributed by atoms with van der Waals surface area (Å²) < 4.78 is 29.0. The molecule has 1 atom stereocenters. The van der Waals surface area contributed by atoms with Crippen LogP contribution in [0.3, 0.4) is 0 Å². The maximum absolute atomic E-state index is 12.2. The molecule has 0 fully saturated rings. The zero-order valence-electron chi connectivity index (χ0n) is 7.25. The highest BCUT2D eigenvalue weighted by molar-refractivity contribution is 6.31. The van der Waals surface area contributed by atoms with Crippen LogP contribution in [0.25, 0.3) is 0 Å². The van der Waals surface area contributed by atoms with Crippen molar-refractivity contribution in [2.75, 3.05) is 7.11 Å². The van der Waals surface area contributed by atoms with E-state index in [2.05, 4.69) is 4.98 Å². The molecule has 3 nitrogen and oxygen atoms in total. The largest absolute Gasteiger partial charge is 0.481 e.